The van der Waals surface area contributed by atoms with Crippen molar-refractivity contribution >= 4 is 10.9 Å². The maximum absolute atomic E-state index is 6.02. The summed E-state index contributed by atoms with van der Waals surface area (Å²) in [5.74, 6) is 0. The van der Waals surface area contributed by atoms with Gasteiger partial charge in [-0.1, -0.05) is 18.2 Å². The van der Waals surface area contributed by atoms with Gasteiger partial charge in [-0.2, -0.15) is 0 Å². The Balaban J connectivity index is 2.10. The zero-order valence-electron chi connectivity index (χ0n) is 11.1. The average Bonchev–Trinajstić information content (AvgIpc) is 3.04. The molecule has 1 heterocycles. The van der Waals surface area contributed by atoms with E-state index in [9.17, 15) is 0 Å². The van der Waals surface area contributed by atoms with Crippen LogP contribution in [0.25, 0.3) is 10.9 Å². The fraction of sp³-hybridized carbons (Fsp3) is 0.467. The van der Waals surface area contributed by atoms with Gasteiger partial charge in [-0.05, 0) is 45.1 Å². The first-order valence-electron chi connectivity index (χ1n) is 6.60. The predicted molar refractivity (Wildman–Crippen MR) is 75.4 cm³/mol. The van der Waals surface area contributed by atoms with Gasteiger partial charge in [-0.25, -0.2) is 0 Å². The molecule has 1 aliphatic carbocycles. The molecule has 3 rings (SSSR count). The van der Waals surface area contributed by atoms with Crippen LogP contribution in [0.1, 0.15) is 24.4 Å². The molecule has 1 fully saturated rings. The molecule has 0 aliphatic heterocycles. The van der Waals surface area contributed by atoms with Crippen molar-refractivity contribution in [2.24, 2.45) is 11.1 Å². The number of aromatic nitrogens is 1. The van der Waals surface area contributed by atoms with Crippen molar-refractivity contribution < 1.29 is 0 Å². The summed E-state index contributed by atoms with van der Waals surface area (Å²) in [7, 11) is 4.31. The molecule has 1 aliphatic rings. The molecular weight excluding hydrogens is 222 g/mol. The Kier molecular flexibility index (Phi) is 2.68. The summed E-state index contributed by atoms with van der Waals surface area (Å²) in [6, 6.07) is 8.92. The fourth-order valence-electron chi connectivity index (χ4n) is 3.23. The zero-order chi connectivity index (χ0) is 12.8. The Morgan fingerprint density at radius 2 is 2.06 bits per heavy atom. The summed E-state index contributed by atoms with van der Waals surface area (Å²) in [5.41, 5.74) is 8.91. The van der Waals surface area contributed by atoms with Crippen LogP contribution in [0.2, 0.25) is 0 Å². The molecule has 1 unspecified atom stereocenters. The first-order chi connectivity index (χ1) is 8.68. The maximum atomic E-state index is 6.02. The van der Waals surface area contributed by atoms with Crippen LogP contribution in [0.5, 0.6) is 0 Å². The number of aromatic amines is 1. The Hall–Kier alpha value is -1.32. The van der Waals surface area contributed by atoms with Crippen molar-refractivity contribution in [2.45, 2.75) is 18.9 Å². The normalized spacial score (nSPS) is 19.3. The van der Waals surface area contributed by atoms with Crippen molar-refractivity contribution in [1.82, 2.24) is 9.88 Å². The number of hydrogen-bond donors (Lipinski definition) is 2. The number of para-hydroxylation sites is 1. The molecule has 0 bridgehead atoms. The van der Waals surface area contributed by atoms with Crippen molar-refractivity contribution in [3.63, 3.8) is 0 Å². The summed E-state index contributed by atoms with van der Waals surface area (Å²) >= 11 is 0. The fourth-order valence-corrected chi connectivity index (χ4v) is 3.23. The van der Waals surface area contributed by atoms with Gasteiger partial charge in [0.2, 0.25) is 0 Å². The summed E-state index contributed by atoms with van der Waals surface area (Å²) < 4.78 is 0. The highest BCUT2D eigenvalue weighted by Crippen LogP contribution is 2.56. The van der Waals surface area contributed by atoms with Crippen molar-refractivity contribution in [3.8, 4) is 0 Å². The minimum absolute atomic E-state index is 0.286. The van der Waals surface area contributed by atoms with E-state index in [1.807, 2.05) is 0 Å². The molecule has 2 aromatic rings. The lowest BCUT2D eigenvalue weighted by molar-refractivity contribution is 0.200. The third-order valence-electron chi connectivity index (χ3n) is 4.31. The van der Waals surface area contributed by atoms with Gasteiger partial charge >= 0.3 is 0 Å². The lowest BCUT2D eigenvalue weighted by Crippen LogP contribution is -2.33. The van der Waals surface area contributed by atoms with Crippen LogP contribution in [-0.2, 0) is 0 Å². The molecule has 0 spiro atoms. The Morgan fingerprint density at radius 1 is 1.33 bits per heavy atom. The van der Waals surface area contributed by atoms with E-state index in [-0.39, 0.29) is 5.41 Å². The van der Waals surface area contributed by atoms with Crippen molar-refractivity contribution in [3.05, 3.63) is 36.0 Å². The average molecular weight is 243 g/mol. The number of benzene rings is 1. The van der Waals surface area contributed by atoms with E-state index in [1.165, 1.54) is 29.3 Å². The van der Waals surface area contributed by atoms with Gasteiger partial charge in [0.15, 0.2) is 0 Å². The summed E-state index contributed by atoms with van der Waals surface area (Å²) in [5, 5.41) is 1.33. The van der Waals surface area contributed by atoms with E-state index in [0.29, 0.717) is 6.04 Å². The SMILES string of the molecule is CN(C)C(c1c[nH]c2ccccc12)C1(CN)CC1. The zero-order valence-corrected chi connectivity index (χ0v) is 11.1. The van der Waals surface area contributed by atoms with Crippen LogP contribution >= 0.6 is 0 Å². The van der Waals surface area contributed by atoms with Crippen LogP contribution < -0.4 is 5.73 Å². The predicted octanol–water partition coefficient (Wildman–Crippen LogP) is 2.51. The van der Waals surface area contributed by atoms with Gasteiger partial charge in [0, 0.05) is 28.6 Å². The van der Waals surface area contributed by atoms with Crippen LogP contribution in [0.15, 0.2) is 30.5 Å². The van der Waals surface area contributed by atoms with Gasteiger partial charge in [-0.15, -0.1) is 0 Å². The van der Waals surface area contributed by atoms with Gasteiger partial charge in [0.05, 0.1) is 0 Å². The minimum atomic E-state index is 0.286. The Morgan fingerprint density at radius 3 is 2.67 bits per heavy atom. The summed E-state index contributed by atoms with van der Waals surface area (Å²) in [4.78, 5) is 5.69. The number of rotatable bonds is 4. The van der Waals surface area contributed by atoms with Gasteiger partial charge in [0.25, 0.3) is 0 Å². The van der Waals surface area contributed by atoms with E-state index >= 15 is 0 Å². The lowest BCUT2D eigenvalue weighted by atomic mass is 9.89. The van der Waals surface area contributed by atoms with Gasteiger partial charge in [0.1, 0.15) is 0 Å². The number of H-pyrrole nitrogens is 1. The third kappa shape index (κ3) is 1.66. The van der Waals surface area contributed by atoms with E-state index in [2.05, 4.69) is 54.4 Å². The van der Waals surface area contributed by atoms with Crippen molar-refractivity contribution in [2.75, 3.05) is 20.6 Å². The number of hydrogen-bond acceptors (Lipinski definition) is 2. The first kappa shape index (κ1) is 11.8. The second-order valence-electron chi connectivity index (χ2n) is 5.72. The third-order valence-corrected chi connectivity index (χ3v) is 4.31. The smallest absolute Gasteiger partial charge is 0.0457 e. The molecule has 1 saturated carbocycles. The molecule has 1 aromatic heterocycles. The Labute approximate surface area is 108 Å². The number of fused-ring (bicyclic) bond motifs is 1. The maximum Gasteiger partial charge on any atom is 0.0457 e. The molecule has 3 heteroatoms. The highest BCUT2D eigenvalue weighted by atomic mass is 15.1. The van der Waals surface area contributed by atoms with E-state index in [4.69, 9.17) is 5.73 Å². The lowest BCUT2D eigenvalue weighted by Gasteiger charge is -2.32. The van der Waals surface area contributed by atoms with E-state index in [0.717, 1.165) is 6.54 Å². The minimum Gasteiger partial charge on any atom is -0.361 e. The molecule has 0 radical (unpaired) electrons. The second kappa shape index (κ2) is 4.11. The molecule has 3 nitrogen and oxygen atoms in total. The summed E-state index contributed by atoms with van der Waals surface area (Å²) in [6.45, 7) is 0.773. The topological polar surface area (TPSA) is 45.0 Å². The number of nitrogens with zero attached hydrogens (tertiary/aromatic N) is 1. The number of nitrogens with one attached hydrogen (secondary N) is 1. The largest absolute Gasteiger partial charge is 0.361 e. The van der Waals surface area contributed by atoms with Gasteiger partial charge in [-0.3, -0.25) is 0 Å². The van der Waals surface area contributed by atoms with Crippen LogP contribution in [0.3, 0.4) is 0 Å². The Bertz CT molecular complexity index is 552. The first-order valence-corrected chi connectivity index (χ1v) is 6.60. The van der Waals surface area contributed by atoms with E-state index < -0.39 is 0 Å². The standard InChI is InChI=1S/C15H21N3/c1-18(2)14(15(10-16)7-8-15)12-9-17-13-6-4-3-5-11(12)13/h3-6,9,14,17H,7-8,10,16H2,1-2H3. The molecule has 96 valence electrons. The molecular formula is C15H21N3. The molecule has 1 atom stereocenters. The molecule has 1 aromatic carbocycles. The van der Waals surface area contributed by atoms with E-state index in [1.54, 1.807) is 0 Å². The van der Waals surface area contributed by atoms with Crippen LogP contribution in [-0.4, -0.2) is 30.5 Å². The molecule has 0 saturated heterocycles. The molecule has 3 N–H and O–H groups in total. The summed E-state index contributed by atoms with van der Waals surface area (Å²) in [6.07, 6.45) is 4.64. The van der Waals surface area contributed by atoms with Crippen LogP contribution in [0, 0.1) is 5.41 Å². The molecule has 18 heavy (non-hydrogen) atoms. The second-order valence-corrected chi connectivity index (χ2v) is 5.72. The quantitative estimate of drug-likeness (QED) is 0.866. The molecule has 0 amide bonds. The number of nitrogens with two attached hydrogens (primary N) is 1. The van der Waals surface area contributed by atoms with Gasteiger partial charge < -0.3 is 15.6 Å². The van der Waals surface area contributed by atoms with Crippen LogP contribution in [0.4, 0.5) is 0 Å². The highest BCUT2D eigenvalue weighted by molar-refractivity contribution is 5.83. The highest BCUT2D eigenvalue weighted by Gasteiger charge is 2.50. The van der Waals surface area contributed by atoms with Crippen molar-refractivity contribution in [1.29, 1.82) is 0 Å². The monoisotopic (exact) mass is 243 g/mol.